The number of carbonyl (C=O) groups is 2. The van der Waals surface area contributed by atoms with Gasteiger partial charge in [0.25, 0.3) is 0 Å². The molecule has 0 fully saturated rings. The summed E-state index contributed by atoms with van der Waals surface area (Å²) in [7, 11) is 0. The molecule has 0 saturated carbocycles. The summed E-state index contributed by atoms with van der Waals surface area (Å²) >= 11 is 1.54. The van der Waals surface area contributed by atoms with E-state index in [1.165, 1.54) is 23.9 Å². The van der Waals surface area contributed by atoms with Gasteiger partial charge in [-0.25, -0.2) is 4.39 Å². The van der Waals surface area contributed by atoms with E-state index in [2.05, 4.69) is 0 Å². The molecule has 0 N–H and O–H groups in total. The van der Waals surface area contributed by atoms with Crippen LogP contribution in [0.3, 0.4) is 0 Å². The van der Waals surface area contributed by atoms with Crippen LogP contribution in [0.15, 0.2) is 59.5 Å². The molecular weight excluding hydrogens is 403 g/mol. The van der Waals surface area contributed by atoms with E-state index in [4.69, 9.17) is 9.47 Å². The van der Waals surface area contributed by atoms with Crippen LogP contribution < -0.4 is 0 Å². The Hall–Kier alpha value is -2.34. The molecule has 0 amide bonds. The van der Waals surface area contributed by atoms with Crippen LogP contribution >= 0.6 is 11.8 Å². The van der Waals surface area contributed by atoms with Crippen molar-refractivity contribution < 1.29 is 23.5 Å². The van der Waals surface area contributed by atoms with Gasteiger partial charge in [0, 0.05) is 4.90 Å². The zero-order valence-electron chi connectivity index (χ0n) is 18.1. The summed E-state index contributed by atoms with van der Waals surface area (Å²) < 4.78 is 24.4. The number of hydrogen-bond donors (Lipinski definition) is 0. The molecule has 30 heavy (non-hydrogen) atoms. The molecule has 4 nitrogen and oxygen atoms in total. The Labute approximate surface area is 182 Å². The molecule has 2 aromatic carbocycles. The number of rotatable bonds is 8. The molecule has 0 aromatic heterocycles. The van der Waals surface area contributed by atoms with E-state index < -0.39 is 29.6 Å². The van der Waals surface area contributed by atoms with Crippen LogP contribution in [0.4, 0.5) is 4.39 Å². The predicted octanol–water partition coefficient (Wildman–Crippen LogP) is 5.96. The first-order valence-corrected chi connectivity index (χ1v) is 10.8. The van der Waals surface area contributed by atoms with Gasteiger partial charge in [-0.15, -0.1) is 11.8 Å². The van der Waals surface area contributed by atoms with E-state index in [0.717, 1.165) is 10.5 Å². The third kappa shape index (κ3) is 7.82. The average Bonchev–Trinajstić information content (AvgIpc) is 2.66. The molecule has 0 aliphatic carbocycles. The first kappa shape index (κ1) is 23.9. The maximum atomic E-state index is 13.4. The Morgan fingerprint density at radius 1 is 1.00 bits per heavy atom. The summed E-state index contributed by atoms with van der Waals surface area (Å²) in [6.45, 7) is 8.80. The Balaban J connectivity index is 2.09. The number of ether oxygens (including phenoxy) is 2. The highest BCUT2D eigenvalue weighted by Gasteiger charge is 2.28. The molecule has 6 heteroatoms. The van der Waals surface area contributed by atoms with Crippen LogP contribution in [-0.4, -0.2) is 23.6 Å². The number of carbonyl (C=O) groups excluding carboxylic acids is 2. The van der Waals surface area contributed by atoms with E-state index in [9.17, 15) is 14.0 Å². The molecule has 0 bridgehead atoms. The van der Waals surface area contributed by atoms with Gasteiger partial charge in [-0.2, -0.15) is 0 Å². The van der Waals surface area contributed by atoms with Crippen molar-refractivity contribution in [2.75, 3.05) is 0 Å². The zero-order valence-corrected chi connectivity index (χ0v) is 18.9. The first-order valence-electron chi connectivity index (χ1n) is 9.94. The van der Waals surface area contributed by atoms with Crippen molar-refractivity contribution in [3.8, 4) is 0 Å². The smallest absolute Gasteiger partial charge is 0.309 e. The molecule has 3 atom stereocenters. The molecule has 162 valence electrons. The third-order valence-corrected chi connectivity index (χ3v) is 5.68. The maximum Gasteiger partial charge on any atom is 0.309 e. The summed E-state index contributed by atoms with van der Waals surface area (Å²) in [6.07, 6.45) is -0.537. The second kappa shape index (κ2) is 10.6. The minimum absolute atomic E-state index is 0.0458. The van der Waals surface area contributed by atoms with Crippen molar-refractivity contribution >= 4 is 23.7 Å². The minimum atomic E-state index is -0.627. The maximum absolute atomic E-state index is 13.4. The predicted molar refractivity (Wildman–Crippen MR) is 117 cm³/mol. The summed E-state index contributed by atoms with van der Waals surface area (Å²) in [4.78, 5) is 25.6. The second-order valence-electron chi connectivity index (χ2n) is 8.24. The second-order valence-corrected chi connectivity index (χ2v) is 9.45. The van der Waals surface area contributed by atoms with Crippen molar-refractivity contribution in [1.29, 1.82) is 0 Å². The lowest BCUT2D eigenvalue weighted by molar-refractivity contribution is -0.163. The molecule has 0 heterocycles. The average molecular weight is 433 g/mol. The molecule has 0 saturated heterocycles. The summed E-state index contributed by atoms with van der Waals surface area (Å²) in [5, 5.41) is -0.231. The van der Waals surface area contributed by atoms with Gasteiger partial charge < -0.3 is 9.47 Å². The highest BCUT2D eigenvalue weighted by atomic mass is 32.2. The highest BCUT2D eigenvalue weighted by Crippen LogP contribution is 2.39. The van der Waals surface area contributed by atoms with Gasteiger partial charge in [0.05, 0.1) is 17.6 Å². The van der Waals surface area contributed by atoms with Gasteiger partial charge in [0.15, 0.2) is 0 Å². The number of esters is 2. The molecule has 0 aliphatic heterocycles. The van der Waals surface area contributed by atoms with Crippen molar-refractivity contribution in [2.45, 2.75) is 62.9 Å². The van der Waals surface area contributed by atoms with Gasteiger partial charge >= 0.3 is 11.9 Å². The Morgan fingerprint density at radius 2 is 1.60 bits per heavy atom. The van der Waals surface area contributed by atoms with E-state index >= 15 is 0 Å². The van der Waals surface area contributed by atoms with Crippen LogP contribution in [0.1, 0.15) is 51.9 Å². The first-order chi connectivity index (χ1) is 14.0. The lowest BCUT2D eigenvalue weighted by Crippen LogP contribution is -2.29. The van der Waals surface area contributed by atoms with Crippen LogP contribution in [0.25, 0.3) is 0 Å². The van der Waals surface area contributed by atoms with Gasteiger partial charge in [0.2, 0.25) is 0 Å². The van der Waals surface area contributed by atoms with Crippen LogP contribution in [0.5, 0.6) is 0 Å². The highest BCUT2D eigenvalue weighted by molar-refractivity contribution is 7.99. The van der Waals surface area contributed by atoms with Crippen molar-refractivity contribution in [1.82, 2.24) is 0 Å². The largest absolute Gasteiger partial charge is 0.461 e. The Morgan fingerprint density at radius 3 is 2.17 bits per heavy atom. The van der Waals surface area contributed by atoms with E-state index in [0.29, 0.717) is 0 Å². The third-order valence-electron chi connectivity index (χ3n) is 4.23. The van der Waals surface area contributed by atoms with Gasteiger partial charge in [0.1, 0.15) is 17.5 Å². The Bertz CT molecular complexity index is 831. The monoisotopic (exact) mass is 432 g/mol. The summed E-state index contributed by atoms with van der Waals surface area (Å²) in [5.74, 6) is -1.85. The van der Waals surface area contributed by atoms with Crippen molar-refractivity contribution in [2.24, 2.45) is 5.92 Å². The SMILES string of the molecule is C[C@H](CC(=O)OC(C)(C)C)C(=O)O[C@@H](C)[C@H](Sc1ccccc1)c1ccc(F)cc1. The fourth-order valence-corrected chi connectivity index (χ4v) is 3.96. The number of hydrogen-bond acceptors (Lipinski definition) is 5. The standard InChI is InChI=1S/C24H29FO4S/c1-16(15-21(26)29-24(3,4)5)23(27)28-17(2)22(18-11-13-19(25)14-12-18)30-20-9-7-6-8-10-20/h6-14,16-17,22H,15H2,1-5H3/t16-,17+,22+/m1/s1. The minimum Gasteiger partial charge on any atom is -0.461 e. The quantitative estimate of drug-likeness (QED) is 0.381. The Kier molecular flexibility index (Phi) is 8.47. The molecule has 0 aliphatic rings. The molecule has 0 unspecified atom stereocenters. The van der Waals surface area contributed by atoms with Gasteiger partial charge in [-0.05, 0) is 57.5 Å². The topological polar surface area (TPSA) is 52.6 Å². The number of halogens is 1. The normalized spacial score (nSPS) is 14.5. The van der Waals surface area contributed by atoms with E-state index in [-0.39, 0.29) is 17.5 Å². The zero-order chi connectivity index (χ0) is 22.3. The summed E-state index contributed by atoms with van der Waals surface area (Å²) in [6, 6.07) is 15.9. The van der Waals surface area contributed by atoms with Crippen molar-refractivity contribution in [3.05, 3.63) is 66.0 Å². The van der Waals surface area contributed by atoms with Crippen molar-refractivity contribution in [3.63, 3.8) is 0 Å². The van der Waals surface area contributed by atoms with E-state index in [1.54, 1.807) is 39.8 Å². The molecule has 2 rings (SSSR count). The number of thioether (sulfide) groups is 1. The van der Waals surface area contributed by atoms with E-state index in [1.807, 2.05) is 37.3 Å². The van der Waals surface area contributed by atoms with Crippen LogP contribution in [0, 0.1) is 11.7 Å². The fourth-order valence-electron chi connectivity index (χ4n) is 2.81. The molecule has 0 spiro atoms. The summed E-state index contributed by atoms with van der Waals surface area (Å²) in [5.41, 5.74) is 0.249. The fraction of sp³-hybridized carbons (Fsp3) is 0.417. The van der Waals surface area contributed by atoms with Gasteiger partial charge in [-0.3, -0.25) is 9.59 Å². The molecule has 2 aromatic rings. The lowest BCUT2D eigenvalue weighted by atomic mass is 10.1. The van der Waals surface area contributed by atoms with Crippen LogP contribution in [0.2, 0.25) is 0 Å². The van der Waals surface area contributed by atoms with Crippen LogP contribution in [-0.2, 0) is 19.1 Å². The molecule has 0 radical (unpaired) electrons. The number of benzene rings is 2. The lowest BCUT2D eigenvalue weighted by Gasteiger charge is -2.26. The van der Waals surface area contributed by atoms with Gasteiger partial charge in [-0.1, -0.05) is 37.3 Å². The molecular formula is C24H29FO4S.